The smallest absolute Gasteiger partial charge is 0.331 e. The molecule has 0 radical (unpaired) electrons. The molecule has 0 aromatic heterocycles. The van der Waals surface area contributed by atoms with E-state index in [0.29, 0.717) is 5.56 Å². The molecule has 0 spiro atoms. The molecule has 2 saturated heterocycles. The van der Waals surface area contributed by atoms with E-state index in [1.165, 1.54) is 42.5 Å². The zero-order valence-electron chi connectivity index (χ0n) is 24.7. The molecule has 1 aliphatic carbocycles. The van der Waals surface area contributed by atoms with Gasteiger partial charge in [-0.3, -0.25) is 0 Å². The maximum absolute atomic E-state index is 12.7. The summed E-state index contributed by atoms with van der Waals surface area (Å²) in [6.07, 6.45) is -14.0. The van der Waals surface area contributed by atoms with Gasteiger partial charge >= 0.3 is 5.97 Å². The van der Waals surface area contributed by atoms with Gasteiger partial charge in [-0.05, 0) is 35.4 Å². The van der Waals surface area contributed by atoms with Gasteiger partial charge in [-0.15, -0.1) is 0 Å². The molecule has 3 aliphatic heterocycles. The van der Waals surface area contributed by atoms with E-state index in [1.54, 1.807) is 0 Å². The van der Waals surface area contributed by atoms with Gasteiger partial charge in [-0.2, -0.15) is 0 Å². The Balaban J connectivity index is 1.37. The average Bonchev–Trinajstić information content (AvgIpc) is 3.35. The Hall–Kier alpha value is -3.01. The third-order valence-electron chi connectivity index (χ3n) is 8.53. The number of hydrogen-bond donors (Lipinski definition) is 10. The summed E-state index contributed by atoms with van der Waals surface area (Å²) in [5, 5.41) is 103. The van der Waals surface area contributed by atoms with Crippen molar-refractivity contribution in [3.8, 4) is 5.75 Å². The molecular weight excluding hydrogens is 632 g/mol. The lowest BCUT2D eigenvalue weighted by Crippen LogP contribution is -2.64. The first-order valence-corrected chi connectivity index (χ1v) is 14.7. The molecule has 260 valence electrons. The topological polar surface area (TPSA) is 275 Å². The van der Waals surface area contributed by atoms with Crippen molar-refractivity contribution in [3.05, 3.63) is 59.9 Å². The van der Waals surface area contributed by atoms with E-state index in [9.17, 15) is 55.9 Å². The van der Waals surface area contributed by atoms with Gasteiger partial charge in [0.1, 0.15) is 60.2 Å². The van der Waals surface area contributed by atoms with Crippen molar-refractivity contribution in [1.82, 2.24) is 0 Å². The maximum atomic E-state index is 12.7. The average molecular weight is 671 g/mol. The van der Waals surface area contributed by atoms with Crippen LogP contribution in [0, 0.1) is 5.92 Å². The zero-order chi connectivity index (χ0) is 34.0. The molecule has 10 N–H and O–H groups in total. The van der Waals surface area contributed by atoms with Crippen molar-refractivity contribution < 1.29 is 84.3 Å². The molecule has 17 nitrogen and oxygen atoms in total. The number of fused-ring (bicyclic) bond motifs is 1. The summed E-state index contributed by atoms with van der Waals surface area (Å²) in [5.41, 5.74) is -1.29. The van der Waals surface area contributed by atoms with Crippen LogP contribution in [-0.2, 0) is 33.2 Å². The summed E-state index contributed by atoms with van der Waals surface area (Å²) in [6, 6.07) is 5.85. The predicted octanol–water partition coefficient (Wildman–Crippen LogP) is -3.89. The van der Waals surface area contributed by atoms with E-state index in [0.717, 1.165) is 12.3 Å². The number of aliphatic hydroxyl groups excluding tert-OH is 9. The summed E-state index contributed by atoms with van der Waals surface area (Å²) in [5.74, 6) is -2.22. The highest BCUT2D eigenvalue weighted by Crippen LogP contribution is 2.48. The van der Waals surface area contributed by atoms with Crippen LogP contribution in [0.25, 0.3) is 6.08 Å². The van der Waals surface area contributed by atoms with Crippen LogP contribution in [0.1, 0.15) is 5.56 Å². The van der Waals surface area contributed by atoms with Crippen molar-refractivity contribution in [2.24, 2.45) is 5.92 Å². The molecule has 3 heterocycles. The van der Waals surface area contributed by atoms with Crippen LogP contribution in [0.3, 0.4) is 0 Å². The highest BCUT2D eigenvalue weighted by molar-refractivity contribution is 5.87. The quantitative estimate of drug-likeness (QED) is 0.0647. The fourth-order valence-corrected chi connectivity index (χ4v) is 5.97. The second-order valence-corrected chi connectivity index (χ2v) is 11.5. The molecule has 2 fully saturated rings. The molecule has 17 heteroatoms. The number of esters is 1. The molecule has 0 amide bonds. The van der Waals surface area contributed by atoms with Crippen molar-refractivity contribution in [3.63, 3.8) is 0 Å². The van der Waals surface area contributed by atoms with Gasteiger partial charge in [-0.25, -0.2) is 4.79 Å². The fraction of sp³-hybridized carbons (Fsp3) is 0.567. The van der Waals surface area contributed by atoms with Crippen LogP contribution >= 0.6 is 0 Å². The van der Waals surface area contributed by atoms with Gasteiger partial charge in [-0.1, -0.05) is 18.2 Å². The Labute approximate surface area is 267 Å². The minimum absolute atomic E-state index is 0.0146. The van der Waals surface area contributed by atoms with E-state index in [4.69, 9.17) is 28.4 Å². The molecule has 1 aromatic carbocycles. The van der Waals surface area contributed by atoms with Crippen LogP contribution in [0.15, 0.2) is 54.3 Å². The Morgan fingerprint density at radius 3 is 2.15 bits per heavy atom. The normalized spacial score (nSPS) is 41.7. The first-order valence-electron chi connectivity index (χ1n) is 14.7. The summed E-state index contributed by atoms with van der Waals surface area (Å²) in [7, 11) is 0. The summed E-state index contributed by atoms with van der Waals surface area (Å²) in [4.78, 5) is 12.7. The van der Waals surface area contributed by atoms with Gasteiger partial charge < -0.3 is 79.5 Å². The van der Waals surface area contributed by atoms with Crippen molar-refractivity contribution in [2.45, 2.75) is 79.4 Å². The van der Waals surface area contributed by atoms with E-state index >= 15 is 0 Å². The van der Waals surface area contributed by atoms with Gasteiger partial charge in [0.05, 0.1) is 32.0 Å². The van der Waals surface area contributed by atoms with Crippen LogP contribution in [0.5, 0.6) is 5.75 Å². The van der Waals surface area contributed by atoms with Crippen LogP contribution < -0.4 is 0 Å². The largest absolute Gasteiger partial charge is 0.508 e. The highest BCUT2D eigenvalue weighted by Gasteiger charge is 2.60. The first kappa shape index (κ1) is 35.3. The monoisotopic (exact) mass is 670 g/mol. The van der Waals surface area contributed by atoms with Gasteiger partial charge in [0, 0.05) is 6.08 Å². The second-order valence-electron chi connectivity index (χ2n) is 11.5. The predicted molar refractivity (Wildman–Crippen MR) is 152 cm³/mol. The number of benzene rings is 1. The van der Waals surface area contributed by atoms with Crippen molar-refractivity contribution >= 4 is 12.0 Å². The van der Waals surface area contributed by atoms with E-state index in [2.05, 4.69) is 0 Å². The molecular formula is C30H38O17. The summed E-state index contributed by atoms with van der Waals surface area (Å²) in [6.45, 7) is -2.19. The summed E-state index contributed by atoms with van der Waals surface area (Å²) < 4.78 is 33.9. The maximum Gasteiger partial charge on any atom is 0.331 e. The lowest BCUT2D eigenvalue weighted by molar-refractivity contribution is -0.362. The zero-order valence-corrected chi connectivity index (χ0v) is 24.7. The van der Waals surface area contributed by atoms with Gasteiger partial charge in [0.2, 0.25) is 6.29 Å². The number of hydrogen-bond acceptors (Lipinski definition) is 17. The van der Waals surface area contributed by atoms with Crippen LogP contribution in [0.2, 0.25) is 0 Å². The number of carbonyl (C=O) groups is 1. The number of aromatic hydroxyl groups is 1. The molecule has 0 saturated carbocycles. The Bertz CT molecular complexity index is 1320. The Morgan fingerprint density at radius 1 is 0.830 bits per heavy atom. The number of phenols is 1. The molecule has 5 rings (SSSR count). The lowest BCUT2D eigenvalue weighted by Gasteiger charge is -2.49. The molecule has 47 heavy (non-hydrogen) atoms. The molecule has 4 aliphatic rings. The lowest BCUT2D eigenvalue weighted by atomic mass is 9.82. The third-order valence-corrected chi connectivity index (χ3v) is 8.53. The Morgan fingerprint density at radius 2 is 1.49 bits per heavy atom. The molecule has 1 aromatic rings. The minimum Gasteiger partial charge on any atom is -0.508 e. The van der Waals surface area contributed by atoms with E-state index in [-0.39, 0.29) is 11.3 Å². The van der Waals surface area contributed by atoms with Gasteiger partial charge in [0.15, 0.2) is 18.7 Å². The number of ether oxygens (including phenoxy) is 6. The number of phenolic OH excluding ortho intramolecular Hbond substituents is 1. The van der Waals surface area contributed by atoms with Crippen LogP contribution in [0.4, 0.5) is 0 Å². The molecule has 14 atom stereocenters. The molecule has 0 bridgehead atoms. The number of rotatable bonds is 10. The summed E-state index contributed by atoms with van der Waals surface area (Å²) >= 11 is 0. The minimum atomic E-state index is -1.93. The van der Waals surface area contributed by atoms with E-state index < -0.39 is 111 Å². The SMILES string of the molecule is O=C(/C=C/c1ccc(O)cc1)O[C@@H]1[C@@H](O)[C@H](O[C@]23C=CO[C@@H](O[C@@H]4O[C@H](CO)[C@@H](O)[C@H](O)[C@H]4O)[C@@H]2C(CO)=C[C@H]3O)O[C@H](CO)[C@H]1O. The second kappa shape index (κ2) is 14.6. The number of aliphatic hydroxyl groups is 9. The number of carbonyl (C=O) groups excluding carboxylic acids is 1. The fourth-order valence-electron chi connectivity index (χ4n) is 5.97. The van der Waals surface area contributed by atoms with Crippen molar-refractivity contribution in [2.75, 3.05) is 19.8 Å². The van der Waals surface area contributed by atoms with E-state index in [1.807, 2.05) is 0 Å². The first-order chi connectivity index (χ1) is 22.4. The standard InChI is InChI=1S/C30H38O17/c31-10-14-9-18(35)30(7-8-42-27(20(14)30)46-28-24(40)23(39)21(37)16(11-32)43-28)47-29-25(41)26(22(38)17(12-33)44-29)45-19(36)6-3-13-1-4-15(34)5-2-13/h1-9,16-18,20-29,31-35,37-41H,10-12H2/b6-3+/t16-,17-,18-,20+,21-,22-,23+,24-,25-,26+,27+,28+,29+,30+/m1/s1. The van der Waals surface area contributed by atoms with Gasteiger partial charge in [0.25, 0.3) is 0 Å². The van der Waals surface area contributed by atoms with Crippen molar-refractivity contribution in [1.29, 1.82) is 0 Å². The Kier molecular flexibility index (Phi) is 11.0. The van der Waals surface area contributed by atoms with Crippen LogP contribution in [-0.4, -0.2) is 156 Å². The highest BCUT2D eigenvalue weighted by atomic mass is 16.8. The molecule has 0 unspecified atom stereocenters. The third kappa shape index (κ3) is 6.94.